The number of carbonyl (C=O) groups excluding carboxylic acids is 1. The molecule has 4 saturated carbocycles. The third-order valence-electron chi connectivity index (χ3n) is 11.3. The predicted molar refractivity (Wildman–Crippen MR) is 146 cm³/mol. The number of fused-ring (bicyclic) bond motifs is 2. The number of rotatable bonds is 8. The Bertz CT molecular complexity index is 862. The standard InChI is InChI=1S/C30H52O5Si/c1-19(18-34-36(8,9)28(3,4)5)23-12-13-24-21(11-10-14-29(23,24)6)15-26(33-7)30-17-22(30)16-25(27(30)32)35-20(2)31/h15,19,22-27,32H,10-14,16-18H2,1-9H3/b21-15+/t19-,22?,23?,24?,25+,26?,27?,29-,30?/m1/s1. The molecule has 0 saturated heterocycles. The molecule has 1 N–H and O–H groups in total. The Hall–Kier alpha value is -0.693. The number of aliphatic hydroxyl groups is 1. The minimum atomic E-state index is -1.75. The molecule has 0 heterocycles. The molecule has 36 heavy (non-hydrogen) atoms. The third-order valence-corrected chi connectivity index (χ3v) is 15.8. The zero-order valence-electron chi connectivity index (χ0n) is 24.4. The van der Waals surface area contributed by atoms with Crippen molar-refractivity contribution in [1.82, 2.24) is 0 Å². The lowest BCUT2D eigenvalue weighted by Crippen LogP contribution is -2.44. The molecule has 0 aromatic carbocycles. The van der Waals surface area contributed by atoms with Crippen molar-refractivity contribution < 1.29 is 23.8 Å². The topological polar surface area (TPSA) is 65.0 Å². The van der Waals surface area contributed by atoms with Gasteiger partial charge in [-0.25, -0.2) is 0 Å². The molecule has 9 atom stereocenters. The molecule has 4 aliphatic rings. The van der Waals surface area contributed by atoms with Crippen molar-refractivity contribution in [2.45, 2.75) is 123 Å². The van der Waals surface area contributed by atoms with Crippen LogP contribution in [0.5, 0.6) is 0 Å². The second-order valence-electron chi connectivity index (χ2n) is 14.4. The van der Waals surface area contributed by atoms with Crippen LogP contribution < -0.4 is 0 Å². The first-order valence-electron chi connectivity index (χ1n) is 14.4. The average Bonchev–Trinajstić information content (AvgIpc) is 3.28. The molecule has 0 aromatic rings. The third kappa shape index (κ3) is 4.78. The van der Waals surface area contributed by atoms with Gasteiger partial charge in [0.25, 0.3) is 0 Å². The summed E-state index contributed by atoms with van der Waals surface area (Å²) in [6.45, 7) is 18.9. The molecule has 6 heteroatoms. The fourth-order valence-electron chi connectivity index (χ4n) is 8.15. The maximum Gasteiger partial charge on any atom is 0.302 e. The van der Waals surface area contributed by atoms with E-state index in [0.717, 1.165) is 25.9 Å². The van der Waals surface area contributed by atoms with Gasteiger partial charge in [-0.15, -0.1) is 0 Å². The van der Waals surface area contributed by atoms with Crippen molar-refractivity contribution >= 4 is 14.3 Å². The van der Waals surface area contributed by atoms with E-state index >= 15 is 0 Å². The maximum absolute atomic E-state index is 11.5. The van der Waals surface area contributed by atoms with E-state index in [1.165, 1.54) is 32.6 Å². The summed E-state index contributed by atoms with van der Waals surface area (Å²) in [5, 5.41) is 11.4. The molecule has 0 bridgehead atoms. The molecule has 206 valence electrons. The summed E-state index contributed by atoms with van der Waals surface area (Å²) in [5.41, 5.74) is 1.55. The Morgan fingerprint density at radius 1 is 1.28 bits per heavy atom. The normalized spacial score (nSPS) is 41.1. The predicted octanol–water partition coefficient (Wildman–Crippen LogP) is 6.50. The number of allylic oxidation sites excluding steroid dienone is 1. The van der Waals surface area contributed by atoms with Crippen molar-refractivity contribution in [1.29, 1.82) is 0 Å². The summed E-state index contributed by atoms with van der Waals surface area (Å²) < 4.78 is 18.2. The first-order chi connectivity index (χ1) is 16.7. The molecule has 0 aromatic heterocycles. The number of esters is 1. The number of aliphatic hydroxyl groups excluding tert-OH is 1. The molecular weight excluding hydrogens is 468 g/mol. The Balaban J connectivity index is 1.48. The van der Waals surface area contributed by atoms with E-state index in [9.17, 15) is 9.90 Å². The van der Waals surface area contributed by atoms with Crippen LogP contribution in [-0.4, -0.2) is 51.4 Å². The van der Waals surface area contributed by atoms with E-state index in [0.29, 0.717) is 29.1 Å². The van der Waals surface area contributed by atoms with Gasteiger partial charge in [-0.3, -0.25) is 4.79 Å². The molecule has 4 aliphatic carbocycles. The largest absolute Gasteiger partial charge is 0.460 e. The molecule has 0 amide bonds. The Morgan fingerprint density at radius 3 is 2.58 bits per heavy atom. The van der Waals surface area contributed by atoms with E-state index in [-0.39, 0.29) is 22.5 Å². The lowest BCUT2D eigenvalue weighted by atomic mass is 9.61. The second-order valence-corrected chi connectivity index (χ2v) is 19.2. The highest BCUT2D eigenvalue weighted by Crippen LogP contribution is 2.67. The van der Waals surface area contributed by atoms with Crippen LogP contribution >= 0.6 is 0 Å². The summed E-state index contributed by atoms with van der Waals surface area (Å²) in [4.78, 5) is 11.5. The van der Waals surface area contributed by atoms with Gasteiger partial charge in [0.2, 0.25) is 0 Å². The van der Waals surface area contributed by atoms with Crippen LogP contribution in [0.3, 0.4) is 0 Å². The van der Waals surface area contributed by atoms with Crippen molar-refractivity contribution in [3.05, 3.63) is 11.6 Å². The van der Waals surface area contributed by atoms with E-state index in [4.69, 9.17) is 13.9 Å². The highest BCUT2D eigenvalue weighted by molar-refractivity contribution is 6.74. The fourth-order valence-corrected chi connectivity index (χ4v) is 9.27. The van der Waals surface area contributed by atoms with Crippen LogP contribution in [0.2, 0.25) is 18.1 Å². The number of methoxy groups -OCH3 is 1. The van der Waals surface area contributed by atoms with Gasteiger partial charge in [-0.05, 0) is 92.2 Å². The van der Waals surface area contributed by atoms with Crippen molar-refractivity contribution in [3.8, 4) is 0 Å². The van der Waals surface area contributed by atoms with Gasteiger partial charge < -0.3 is 19.0 Å². The van der Waals surface area contributed by atoms with Gasteiger partial charge in [0.15, 0.2) is 8.32 Å². The van der Waals surface area contributed by atoms with Gasteiger partial charge >= 0.3 is 5.97 Å². The van der Waals surface area contributed by atoms with E-state index in [1.807, 2.05) is 0 Å². The molecule has 0 radical (unpaired) electrons. The molecule has 0 aliphatic heterocycles. The molecule has 0 spiro atoms. The molecule has 6 unspecified atom stereocenters. The highest BCUT2D eigenvalue weighted by Gasteiger charge is 2.70. The SMILES string of the molecule is COC(/C=C1\CCC[C@@]2(C)C1CCC2[C@H](C)CO[Si](C)(C)C(C)(C)C)C12CC1C[C@H](OC(C)=O)C2O. The smallest absolute Gasteiger partial charge is 0.302 e. The van der Waals surface area contributed by atoms with E-state index < -0.39 is 20.5 Å². The van der Waals surface area contributed by atoms with Crippen LogP contribution in [0.25, 0.3) is 0 Å². The maximum atomic E-state index is 11.5. The van der Waals surface area contributed by atoms with Crippen LogP contribution in [0.1, 0.15) is 86.5 Å². The van der Waals surface area contributed by atoms with Crippen LogP contribution in [0.4, 0.5) is 0 Å². The van der Waals surface area contributed by atoms with Crippen molar-refractivity contribution in [3.63, 3.8) is 0 Å². The van der Waals surface area contributed by atoms with Crippen LogP contribution in [-0.2, 0) is 18.7 Å². The average molecular weight is 521 g/mol. The number of hydrogen-bond donors (Lipinski definition) is 1. The lowest BCUT2D eigenvalue weighted by Gasteiger charge is -2.45. The Morgan fingerprint density at radius 2 is 1.97 bits per heavy atom. The molecule has 5 nitrogen and oxygen atoms in total. The van der Waals surface area contributed by atoms with Gasteiger partial charge in [0, 0.05) is 26.1 Å². The summed E-state index contributed by atoms with van der Waals surface area (Å²) >= 11 is 0. The minimum absolute atomic E-state index is 0.117. The summed E-state index contributed by atoms with van der Waals surface area (Å²) in [7, 11) is 0.0241. The van der Waals surface area contributed by atoms with Gasteiger partial charge in [-0.2, -0.15) is 0 Å². The first-order valence-corrected chi connectivity index (χ1v) is 17.3. The van der Waals surface area contributed by atoms with Gasteiger partial charge in [0.1, 0.15) is 6.10 Å². The highest BCUT2D eigenvalue weighted by atomic mass is 28.4. The molecule has 4 rings (SSSR count). The Labute approximate surface area is 220 Å². The van der Waals surface area contributed by atoms with E-state index in [2.05, 4.69) is 53.8 Å². The zero-order valence-corrected chi connectivity index (χ0v) is 25.4. The number of hydrogen-bond acceptors (Lipinski definition) is 5. The lowest BCUT2D eigenvalue weighted by molar-refractivity contribution is -0.154. The molecule has 4 fully saturated rings. The molecular formula is C30H52O5Si. The van der Waals surface area contributed by atoms with Gasteiger partial charge in [-0.1, -0.05) is 46.3 Å². The summed E-state index contributed by atoms with van der Waals surface area (Å²) in [6, 6.07) is 0. The fraction of sp³-hybridized carbons (Fsp3) is 0.900. The number of carbonyl (C=O) groups is 1. The summed E-state index contributed by atoms with van der Waals surface area (Å²) in [6.07, 6.45) is 9.08. The Kier molecular flexibility index (Phi) is 7.71. The number of ether oxygens (including phenoxy) is 2. The second kappa shape index (κ2) is 9.80. The van der Waals surface area contributed by atoms with E-state index in [1.54, 1.807) is 12.7 Å². The van der Waals surface area contributed by atoms with Crippen molar-refractivity contribution in [2.24, 2.45) is 34.5 Å². The first kappa shape index (κ1) is 28.3. The zero-order chi connectivity index (χ0) is 26.7. The van der Waals surface area contributed by atoms with Crippen molar-refractivity contribution in [2.75, 3.05) is 13.7 Å². The van der Waals surface area contributed by atoms with Crippen LogP contribution in [0.15, 0.2) is 11.6 Å². The van der Waals surface area contributed by atoms with Gasteiger partial charge in [0.05, 0.1) is 12.2 Å². The summed E-state index contributed by atoms with van der Waals surface area (Å²) in [5.74, 6) is 1.88. The quantitative estimate of drug-likeness (QED) is 0.225. The van der Waals surface area contributed by atoms with Crippen LogP contribution in [0, 0.1) is 34.5 Å². The monoisotopic (exact) mass is 520 g/mol. The minimum Gasteiger partial charge on any atom is -0.460 e.